The Balaban J connectivity index is 0.000000157. The van der Waals surface area contributed by atoms with Crippen molar-refractivity contribution in [2.24, 2.45) is 0 Å². The highest BCUT2D eigenvalue weighted by Gasteiger charge is 1.87. The van der Waals surface area contributed by atoms with Crippen LogP contribution in [-0.4, -0.2) is 25.4 Å². The number of rotatable bonds is 0. The lowest BCUT2D eigenvalue weighted by Gasteiger charge is -1.73. The largest absolute Gasteiger partial charge is 0.446 e. The van der Waals surface area contributed by atoms with E-state index in [9.17, 15) is 0 Å². The summed E-state index contributed by atoms with van der Waals surface area (Å²) < 4.78 is 4.97. The third-order valence-electron chi connectivity index (χ3n) is 2.40. The SMILES string of the molecule is Cc1cc(C)[nH]n1.Cc1cc(C)[nH]n1.Cc1cnc(C)o1. The van der Waals surface area contributed by atoms with Crippen LogP contribution in [0, 0.1) is 41.5 Å². The summed E-state index contributed by atoms with van der Waals surface area (Å²) in [5.41, 5.74) is 4.35. The van der Waals surface area contributed by atoms with Crippen LogP contribution in [0.2, 0.25) is 0 Å². The van der Waals surface area contributed by atoms with Gasteiger partial charge in [0.05, 0.1) is 17.6 Å². The summed E-state index contributed by atoms with van der Waals surface area (Å²) in [6.45, 7) is 11.6. The van der Waals surface area contributed by atoms with E-state index in [4.69, 9.17) is 4.42 Å². The molecule has 0 atom stereocenters. The molecule has 21 heavy (non-hydrogen) atoms. The van der Waals surface area contributed by atoms with Gasteiger partial charge in [-0.3, -0.25) is 10.2 Å². The van der Waals surface area contributed by atoms with Gasteiger partial charge in [-0.25, -0.2) is 4.98 Å². The lowest BCUT2D eigenvalue weighted by molar-refractivity contribution is 0.494. The number of aromatic nitrogens is 5. The van der Waals surface area contributed by atoms with Gasteiger partial charge in [-0.05, 0) is 46.8 Å². The molecule has 6 nitrogen and oxygen atoms in total. The first kappa shape index (κ1) is 16.7. The van der Waals surface area contributed by atoms with E-state index in [2.05, 4.69) is 25.4 Å². The normalized spacial score (nSPS) is 9.43. The molecule has 0 unspecified atom stereocenters. The quantitative estimate of drug-likeness (QED) is 0.664. The molecule has 6 heteroatoms. The summed E-state index contributed by atoms with van der Waals surface area (Å²) in [6, 6.07) is 4.00. The predicted octanol–water partition coefficient (Wildman–Crippen LogP) is 3.34. The maximum absolute atomic E-state index is 4.97. The van der Waals surface area contributed by atoms with Gasteiger partial charge < -0.3 is 4.42 Å². The Morgan fingerprint density at radius 2 is 1.29 bits per heavy atom. The van der Waals surface area contributed by atoms with Gasteiger partial charge in [-0.15, -0.1) is 0 Å². The lowest BCUT2D eigenvalue weighted by Crippen LogP contribution is -1.68. The van der Waals surface area contributed by atoms with Crippen LogP contribution in [0.15, 0.2) is 22.7 Å². The Bertz CT molecular complexity index is 510. The Morgan fingerprint density at radius 3 is 1.38 bits per heavy atom. The molecule has 0 fully saturated rings. The zero-order valence-electron chi connectivity index (χ0n) is 13.5. The number of aryl methyl sites for hydroxylation is 6. The minimum atomic E-state index is 0.734. The van der Waals surface area contributed by atoms with Crippen molar-refractivity contribution in [3.8, 4) is 0 Å². The van der Waals surface area contributed by atoms with Crippen LogP contribution < -0.4 is 0 Å². The Kier molecular flexibility index (Phi) is 6.39. The summed E-state index contributed by atoms with van der Waals surface area (Å²) >= 11 is 0. The monoisotopic (exact) mass is 289 g/mol. The van der Waals surface area contributed by atoms with Crippen LogP contribution >= 0.6 is 0 Å². The van der Waals surface area contributed by atoms with Gasteiger partial charge in [0, 0.05) is 18.3 Å². The van der Waals surface area contributed by atoms with Gasteiger partial charge in [0.2, 0.25) is 0 Å². The molecule has 0 radical (unpaired) electrons. The predicted molar refractivity (Wildman–Crippen MR) is 82.1 cm³/mol. The highest BCUT2D eigenvalue weighted by Crippen LogP contribution is 1.97. The second kappa shape index (κ2) is 8.04. The van der Waals surface area contributed by atoms with E-state index in [0.29, 0.717) is 0 Å². The van der Waals surface area contributed by atoms with Crippen molar-refractivity contribution in [3.05, 3.63) is 52.8 Å². The molecular formula is C15H23N5O. The fraction of sp³-hybridized carbons (Fsp3) is 0.400. The van der Waals surface area contributed by atoms with E-state index in [-0.39, 0.29) is 0 Å². The van der Waals surface area contributed by atoms with Gasteiger partial charge in [0.15, 0.2) is 5.89 Å². The fourth-order valence-electron chi connectivity index (χ4n) is 1.58. The average molecular weight is 289 g/mol. The molecular weight excluding hydrogens is 266 g/mol. The van der Waals surface area contributed by atoms with Crippen molar-refractivity contribution in [3.63, 3.8) is 0 Å². The molecule has 3 heterocycles. The van der Waals surface area contributed by atoms with Crippen molar-refractivity contribution in [1.29, 1.82) is 0 Å². The number of hydrogen-bond acceptors (Lipinski definition) is 4. The minimum Gasteiger partial charge on any atom is -0.446 e. The topological polar surface area (TPSA) is 83.4 Å². The first-order valence-corrected chi connectivity index (χ1v) is 6.73. The van der Waals surface area contributed by atoms with Crippen molar-refractivity contribution in [1.82, 2.24) is 25.4 Å². The second-order valence-electron chi connectivity index (χ2n) is 4.87. The summed E-state index contributed by atoms with van der Waals surface area (Å²) in [7, 11) is 0. The summed E-state index contributed by atoms with van der Waals surface area (Å²) in [5, 5.41) is 13.4. The van der Waals surface area contributed by atoms with E-state index in [1.54, 1.807) is 6.20 Å². The van der Waals surface area contributed by atoms with E-state index >= 15 is 0 Å². The standard InChI is InChI=1S/2C5H8N2.C5H7NO/c2*1-4-3-5(2)7-6-4;1-4-3-6-5(2)7-4/h2*3H,1-2H3,(H,6,7);3H,1-2H3. The highest BCUT2D eigenvalue weighted by atomic mass is 16.3. The summed E-state index contributed by atoms with van der Waals surface area (Å²) in [6.07, 6.45) is 1.70. The molecule has 3 rings (SSSR count). The summed E-state index contributed by atoms with van der Waals surface area (Å²) in [4.78, 5) is 3.85. The molecule has 3 aromatic rings. The number of nitrogens with zero attached hydrogens (tertiary/aromatic N) is 3. The Labute approximate surface area is 125 Å². The number of nitrogens with one attached hydrogen (secondary N) is 2. The maximum Gasteiger partial charge on any atom is 0.191 e. The van der Waals surface area contributed by atoms with E-state index in [1.165, 1.54) is 0 Å². The second-order valence-corrected chi connectivity index (χ2v) is 4.87. The smallest absolute Gasteiger partial charge is 0.191 e. The average Bonchev–Trinajstić information content (AvgIpc) is 3.06. The zero-order valence-corrected chi connectivity index (χ0v) is 13.5. The van der Waals surface area contributed by atoms with Crippen molar-refractivity contribution < 1.29 is 4.42 Å². The first-order valence-electron chi connectivity index (χ1n) is 6.73. The molecule has 0 spiro atoms. The van der Waals surface area contributed by atoms with Crippen molar-refractivity contribution in [2.75, 3.05) is 0 Å². The van der Waals surface area contributed by atoms with Crippen LogP contribution in [0.4, 0.5) is 0 Å². The van der Waals surface area contributed by atoms with Crippen LogP contribution in [0.25, 0.3) is 0 Å². The number of oxazole rings is 1. The van der Waals surface area contributed by atoms with Crippen molar-refractivity contribution >= 4 is 0 Å². The molecule has 2 N–H and O–H groups in total. The number of H-pyrrole nitrogens is 2. The molecule has 3 aromatic heterocycles. The van der Waals surface area contributed by atoms with Gasteiger partial charge in [-0.1, -0.05) is 0 Å². The van der Waals surface area contributed by atoms with Crippen LogP contribution in [0.1, 0.15) is 34.4 Å². The Hall–Kier alpha value is -2.37. The molecule has 0 aromatic carbocycles. The zero-order chi connectivity index (χ0) is 15.8. The molecule has 0 saturated heterocycles. The Morgan fingerprint density at radius 1 is 0.810 bits per heavy atom. The van der Waals surface area contributed by atoms with E-state index in [0.717, 1.165) is 34.4 Å². The molecule has 0 aliphatic carbocycles. The first-order chi connectivity index (χ1) is 9.86. The third kappa shape index (κ3) is 7.10. The van der Waals surface area contributed by atoms with Gasteiger partial charge in [0.1, 0.15) is 5.76 Å². The molecule has 0 aliphatic heterocycles. The number of hydrogen-bond donors (Lipinski definition) is 2. The molecule has 0 aliphatic rings. The van der Waals surface area contributed by atoms with Crippen LogP contribution in [0.3, 0.4) is 0 Å². The molecule has 114 valence electrons. The van der Waals surface area contributed by atoms with Gasteiger partial charge in [-0.2, -0.15) is 10.2 Å². The van der Waals surface area contributed by atoms with Crippen molar-refractivity contribution in [2.45, 2.75) is 41.5 Å². The molecule has 0 bridgehead atoms. The lowest BCUT2D eigenvalue weighted by atomic mass is 10.4. The fourth-order valence-corrected chi connectivity index (χ4v) is 1.58. The van der Waals surface area contributed by atoms with Crippen LogP contribution in [-0.2, 0) is 0 Å². The van der Waals surface area contributed by atoms with E-state index < -0.39 is 0 Å². The minimum absolute atomic E-state index is 0.734. The third-order valence-corrected chi connectivity index (χ3v) is 2.40. The number of aromatic amines is 2. The highest BCUT2D eigenvalue weighted by molar-refractivity contribution is 5.04. The summed E-state index contributed by atoms with van der Waals surface area (Å²) in [5.74, 6) is 1.61. The molecule has 0 saturated carbocycles. The maximum atomic E-state index is 4.97. The van der Waals surface area contributed by atoms with Gasteiger partial charge in [0.25, 0.3) is 0 Å². The van der Waals surface area contributed by atoms with Crippen LogP contribution in [0.5, 0.6) is 0 Å². The van der Waals surface area contributed by atoms with Gasteiger partial charge >= 0.3 is 0 Å². The van der Waals surface area contributed by atoms with E-state index in [1.807, 2.05) is 53.7 Å². The molecule has 0 amide bonds.